The van der Waals surface area contributed by atoms with Gasteiger partial charge in [0.25, 0.3) is 5.56 Å². The molecule has 0 spiro atoms. The van der Waals surface area contributed by atoms with E-state index in [1.165, 1.54) is 34.7 Å². The van der Waals surface area contributed by atoms with E-state index in [0.29, 0.717) is 5.01 Å². The Morgan fingerprint density at radius 1 is 1.22 bits per heavy atom. The Labute approximate surface area is 133 Å². The lowest BCUT2D eigenvalue weighted by Crippen LogP contribution is -2.22. The van der Waals surface area contributed by atoms with Gasteiger partial charge in [-0.2, -0.15) is 13.2 Å². The number of rotatable bonds is 2. The van der Waals surface area contributed by atoms with Gasteiger partial charge in [-0.25, -0.2) is 14.6 Å². The maximum atomic E-state index is 13.3. The summed E-state index contributed by atoms with van der Waals surface area (Å²) in [6.07, 6.45) is -4.61. The molecule has 0 unspecified atom stereocenters. The quantitative estimate of drug-likeness (QED) is 0.720. The minimum atomic E-state index is -4.61. The summed E-state index contributed by atoms with van der Waals surface area (Å²) in [4.78, 5) is 20.9. The fourth-order valence-corrected chi connectivity index (χ4v) is 3.24. The average Bonchev–Trinajstić information content (AvgIpc) is 2.95. The maximum Gasteiger partial charge on any atom is 0.417 e. The van der Waals surface area contributed by atoms with Crippen molar-refractivity contribution in [3.63, 3.8) is 0 Å². The molecule has 0 aromatic carbocycles. The molecule has 3 heterocycles. The minimum Gasteiger partial charge on any atom is -0.267 e. The van der Waals surface area contributed by atoms with Crippen molar-refractivity contribution in [1.29, 1.82) is 0 Å². The van der Waals surface area contributed by atoms with Crippen LogP contribution in [0.1, 0.15) is 22.0 Å². The number of hydrogen-bond acceptors (Lipinski definition) is 4. The molecule has 0 amide bonds. The van der Waals surface area contributed by atoms with E-state index in [1.807, 2.05) is 12.3 Å². The van der Waals surface area contributed by atoms with Crippen LogP contribution < -0.4 is 5.56 Å². The normalized spacial score (nSPS) is 12.3. The highest BCUT2D eigenvalue weighted by Gasteiger charge is 2.36. The van der Waals surface area contributed by atoms with E-state index < -0.39 is 22.7 Å². The Morgan fingerprint density at radius 3 is 2.48 bits per heavy atom. The van der Waals surface area contributed by atoms with Crippen LogP contribution in [0, 0.1) is 13.8 Å². The van der Waals surface area contributed by atoms with Crippen LogP contribution in [0.5, 0.6) is 0 Å². The molecule has 0 aliphatic carbocycles. The van der Waals surface area contributed by atoms with Gasteiger partial charge >= 0.3 is 6.18 Å². The first kappa shape index (κ1) is 15.7. The molecule has 9 heteroatoms. The molecular weight excluding hydrogens is 329 g/mol. The van der Waals surface area contributed by atoms with E-state index in [0.717, 1.165) is 11.8 Å². The largest absolute Gasteiger partial charge is 0.417 e. The summed E-state index contributed by atoms with van der Waals surface area (Å²) in [7, 11) is 1.52. The number of pyridine rings is 1. The molecule has 0 saturated heterocycles. The Hall–Kier alpha value is -2.16. The van der Waals surface area contributed by atoms with Crippen LogP contribution in [0.25, 0.3) is 11.0 Å². The second kappa shape index (κ2) is 5.19. The molecule has 0 aliphatic rings. The molecule has 0 saturated carbocycles. The van der Waals surface area contributed by atoms with Crippen molar-refractivity contribution in [2.75, 3.05) is 0 Å². The Morgan fingerprint density at radius 2 is 1.91 bits per heavy atom. The van der Waals surface area contributed by atoms with Crippen LogP contribution >= 0.6 is 11.3 Å². The summed E-state index contributed by atoms with van der Waals surface area (Å²) in [5.41, 5.74) is -0.620. The van der Waals surface area contributed by atoms with Crippen molar-refractivity contribution in [1.82, 2.24) is 19.3 Å². The molecule has 3 aromatic rings. The van der Waals surface area contributed by atoms with Crippen LogP contribution in [-0.4, -0.2) is 19.3 Å². The molecule has 0 N–H and O–H groups in total. The molecule has 3 aromatic heterocycles. The van der Waals surface area contributed by atoms with Crippen molar-refractivity contribution < 1.29 is 13.2 Å². The van der Waals surface area contributed by atoms with E-state index in [-0.39, 0.29) is 17.9 Å². The van der Waals surface area contributed by atoms with Crippen LogP contribution in [0.3, 0.4) is 0 Å². The highest BCUT2D eigenvalue weighted by molar-refractivity contribution is 7.09. The highest BCUT2D eigenvalue weighted by atomic mass is 32.1. The van der Waals surface area contributed by atoms with Gasteiger partial charge in [-0.05, 0) is 19.9 Å². The van der Waals surface area contributed by atoms with Crippen LogP contribution in [-0.2, 0) is 19.8 Å². The van der Waals surface area contributed by atoms with E-state index in [9.17, 15) is 18.0 Å². The first-order chi connectivity index (χ1) is 10.7. The Balaban J connectivity index is 2.27. The summed E-state index contributed by atoms with van der Waals surface area (Å²) >= 11 is 1.36. The molecule has 0 bridgehead atoms. The molecule has 0 fully saturated rings. The summed E-state index contributed by atoms with van der Waals surface area (Å²) < 4.78 is 42.3. The second-order valence-corrected chi connectivity index (χ2v) is 6.22. The van der Waals surface area contributed by atoms with Gasteiger partial charge < -0.3 is 0 Å². The van der Waals surface area contributed by atoms with Crippen LogP contribution in [0.15, 0.2) is 16.2 Å². The fourth-order valence-electron chi connectivity index (χ4n) is 2.49. The third kappa shape index (κ3) is 2.65. The Kier molecular flexibility index (Phi) is 3.55. The third-order valence-corrected chi connectivity index (χ3v) is 4.45. The molecule has 0 radical (unpaired) electrons. The first-order valence-electron chi connectivity index (χ1n) is 6.74. The lowest BCUT2D eigenvalue weighted by atomic mass is 10.1. The number of aromatic nitrogens is 4. The van der Waals surface area contributed by atoms with Crippen molar-refractivity contribution in [2.24, 2.45) is 7.05 Å². The zero-order chi connectivity index (χ0) is 16.9. The standard InChI is InChI=1S/C14H13F3N4OS/c1-7-4-9(14(15,16)17)11-12(19-7)20(3)21(13(11)22)5-10-18-8(2)6-23-10/h4,6H,5H2,1-3H3. The van der Waals surface area contributed by atoms with Gasteiger partial charge in [0.15, 0.2) is 5.65 Å². The SMILES string of the molecule is Cc1csc(Cn2c(=O)c3c(C(F)(F)F)cc(C)nc3n2C)n1. The van der Waals surface area contributed by atoms with Crippen LogP contribution in [0.2, 0.25) is 0 Å². The number of aryl methyl sites for hydroxylation is 3. The number of fused-ring (bicyclic) bond motifs is 1. The van der Waals surface area contributed by atoms with Gasteiger partial charge in [-0.1, -0.05) is 0 Å². The molecule has 0 aliphatic heterocycles. The van der Waals surface area contributed by atoms with Gasteiger partial charge in [0, 0.05) is 23.8 Å². The second-order valence-electron chi connectivity index (χ2n) is 5.28. The third-order valence-electron chi connectivity index (χ3n) is 3.50. The lowest BCUT2D eigenvalue weighted by Gasteiger charge is -2.08. The lowest BCUT2D eigenvalue weighted by molar-refractivity contribution is -0.136. The number of hydrogen-bond donors (Lipinski definition) is 0. The minimum absolute atomic E-state index is 0.0237. The number of thiazole rings is 1. The summed E-state index contributed by atoms with van der Waals surface area (Å²) in [5, 5.41) is 2.08. The molecule has 0 atom stereocenters. The van der Waals surface area contributed by atoms with Gasteiger partial charge in [0.1, 0.15) is 5.01 Å². The molecule has 23 heavy (non-hydrogen) atoms. The number of nitrogens with zero attached hydrogens (tertiary/aromatic N) is 4. The van der Waals surface area contributed by atoms with E-state index in [1.54, 1.807) is 0 Å². The van der Waals surface area contributed by atoms with Crippen molar-refractivity contribution in [3.8, 4) is 0 Å². The van der Waals surface area contributed by atoms with Crippen molar-refractivity contribution in [3.05, 3.63) is 43.8 Å². The number of alkyl halides is 3. The van der Waals surface area contributed by atoms with Crippen LogP contribution in [0.4, 0.5) is 13.2 Å². The molecule has 5 nitrogen and oxygen atoms in total. The zero-order valence-electron chi connectivity index (χ0n) is 12.6. The van der Waals surface area contributed by atoms with Gasteiger partial charge in [0.2, 0.25) is 0 Å². The van der Waals surface area contributed by atoms with Gasteiger partial charge in [0.05, 0.1) is 17.5 Å². The van der Waals surface area contributed by atoms with Crippen molar-refractivity contribution in [2.45, 2.75) is 26.6 Å². The maximum absolute atomic E-state index is 13.3. The van der Waals surface area contributed by atoms with E-state index >= 15 is 0 Å². The predicted molar refractivity (Wildman–Crippen MR) is 80.7 cm³/mol. The highest BCUT2D eigenvalue weighted by Crippen LogP contribution is 2.33. The molecule has 3 rings (SSSR count). The fraction of sp³-hybridized carbons (Fsp3) is 0.357. The van der Waals surface area contributed by atoms with E-state index in [2.05, 4.69) is 9.97 Å². The van der Waals surface area contributed by atoms with Gasteiger partial charge in [-0.15, -0.1) is 11.3 Å². The first-order valence-corrected chi connectivity index (χ1v) is 7.62. The molecular formula is C14H13F3N4OS. The smallest absolute Gasteiger partial charge is 0.267 e. The Bertz CT molecular complexity index is 951. The summed E-state index contributed by atoms with van der Waals surface area (Å²) in [6, 6.07) is 0.904. The van der Waals surface area contributed by atoms with Crippen molar-refractivity contribution >= 4 is 22.4 Å². The summed E-state index contributed by atoms with van der Waals surface area (Å²) in [5.74, 6) is 0. The predicted octanol–water partition coefficient (Wildman–Crippen LogP) is 2.88. The average molecular weight is 342 g/mol. The topological polar surface area (TPSA) is 52.7 Å². The van der Waals surface area contributed by atoms with Gasteiger partial charge in [-0.3, -0.25) is 9.48 Å². The van der Waals surface area contributed by atoms with E-state index in [4.69, 9.17) is 0 Å². The zero-order valence-corrected chi connectivity index (χ0v) is 13.4. The number of halogens is 3. The summed E-state index contributed by atoms with van der Waals surface area (Å²) in [6.45, 7) is 3.40. The molecule has 122 valence electrons. The monoisotopic (exact) mass is 342 g/mol.